The summed E-state index contributed by atoms with van der Waals surface area (Å²) in [5.41, 5.74) is 1.98. The Bertz CT molecular complexity index is 667. The van der Waals surface area contributed by atoms with Crippen LogP contribution >= 0.6 is 0 Å². The number of rotatable bonds is 9. The number of nitrogens with one attached hydrogen (secondary N) is 3. The van der Waals surface area contributed by atoms with Crippen LogP contribution in [0.1, 0.15) is 63.4 Å². The van der Waals surface area contributed by atoms with E-state index in [2.05, 4.69) is 27.0 Å². The Kier molecular flexibility index (Phi) is 8.81. The van der Waals surface area contributed by atoms with Crippen LogP contribution in [0.3, 0.4) is 0 Å². The second kappa shape index (κ2) is 11.8. The zero-order valence-corrected chi connectivity index (χ0v) is 17.7. The van der Waals surface area contributed by atoms with E-state index >= 15 is 0 Å². The maximum absolute atomic E-state index is 12.1. The molecule has 0 radical (unpaired) electrons. The maximum Gasteiger partial charge on any atom is 0.227 e. The van der Waals surface area contributed by atoms with E-state index in [1.54, 1.807) is 7.05 Å². The van der Waals surface area contributed by atoms with Crippen molar-refractivity contribution in [3.63, 3.8) is 0 Å². The van der Waals surface area contributed by atoms with Crippen molar-refractivity contribution in [2.24, 2.45) is 10.9 Å². The Hall–Kier alpha value is -2.08. The molecule has 1 amide bonds. The number of anilines is 1. The summed E-state index contributed by atoms with van der Waals surface area (Å²) in [7, 11) is 1.78. The van der Waals surface area contributed by atoms with Gasteiger partial charge < -0.3 is 20.7 Å². The standard InChI is InChI=1S/C23H36N4O2/c1-24-23(25-14-7-15-29-21-12-3-2-4-13-21)26-17-18-8-5-11-20(16-18)27-22(28)19-9-6-10-19/h5,8,11,16,19,21H,2-4,6-7,9-10,12-15,17H2,1H3,(H,27,28)(H2,24,25,26). The van der Waals surface area contributed by atoms with Crippen LogP contribution in [0.4, 0.5) is 5.69 Å². The molecule has 0 saturated heterocycles. The minimum atomic E-state index is 0.147. The van der Waals surface area contributed by atoms with Crippen LogP contribution in [0.2, 0.25) is 0 Å². The van der Waals surface area contributed by atoms with Crippen molar-refractivity contribution in [1.29, 1.82) is 0 Å². The van der Waals surface area contributed by atoms with Crippen LogP contribution < -0.4 is 16.0 Å². The number of nitrogens with zero attached hydrogens (tertiary/aromatic N) is 1. The van der Waals surface area contributed by atoms with Crippen LogP contribution in [-0.4, -0.2) is 38.2 Å². The van der Waals surface area contributed by atoms with Gasteiger partial charge in [0, 0.05) is 38.3 Å². The van der Waals surface area contributed by atoms with E-state index in [9.17, 15) is 4.79 Å². The molecule has 2 aliphatic carbocycles. The number of carbonyl (C=O) groups excluding carboxylic acids is 1. The highest BCUT2D eigenvalue weighted by molar-refractivity contribution is 5.93. The maximum atomic E-state index is 12.1. The second-order valence-corrected chi connectivity index (χ2v) is 8.15. The van der Waals surface area contributed by atoms with Gasteiger partial charge in [-0.3, -0.25) is 9.79 Å². The Labute approximate surface area is 174 Å². The molecule has 0 bridgehead atoms. The molecule has 0 heterocycles. The van der Waals surface area contributed by atoms with Gasteiger partial charge in [0.2, 0.25) is 5.91 Å². The molecule has 0 spiro atoms. The van der Waals surface area contributed by atoms with Crippen LogP contribution in [0.25, 0.3) is 0 Å². The fourth-order valence-electron chi connectivity index (χ4n) is 3.84. The Morgan fingerprint density at radius 3 is 2.66 bits per heavy atom. The predicted molar refractivity (Wildman–Crippen MR) is 118 cm³/mol. The number of carbonyl (C=O) groups is 1. The van der Waals surface area contributed by atoms with Crippen molar-refractivity contribution in [1.82, 2.24) is 10.6 Å². The van der Waals surface area contributed by atoms with E-state index in [1.807, 2.05) is 18.2 Å². The van der Waals surface area contributed by atoms with Gasteiger partial charge in [-0.15, -0.1) is 0 Å². The van der Waals surface area contributed by atoms with Gasteiger partial charge in [0.25, 0.3) is 0 Å². The molecule has 2 fully saturated rings. The molecular weight excluding hydrogens is 364 g/mol. The second-order valence-electron chi connectivity index (χ2n) is 8.15. The van der Waals surface area contributed by atoms with Crippen LogP contribution in [0, 0.1) is 5.92 Å². The molecule has 3 N–H and O–H groups in total. The molecule has 1 aromatic carbocycles. The number of guanidine groups is 1. The monoisotopic (exact) mass is 400 g/mol. The largest absolute Gasteiger partial charge is 0.378 e. The van der Waals surface area contributed by atoms with Crippen molar-refractivity contribution in [2.45, 2.75) is 70.4 Å². The number of benzene rings is 1. The van der Waals surface area contributed by atoms with Gasteiger partial charge in [0.15, 0.2) is 5.96 Å². The first-order chi connectivity index (χ1) is 14.2. The van der Waals surface area contributed by atoms with Gasteiger partial charge in [-0.2, -0.15) is 0 Å². The van der Waals surface area contributed by atoms with E-state index in [-0.39, 0.29) is 11.8 Å². The third kappa shape index (κ3) is 7.35. The van der Waals surface area contributed by atoms with E-state index in [4.69, 9.17) is 4.74 Å². The Morgan fingerprint density at radius 2 is 1.93 bits per heavy atom. The molecule has 0 unspecified atom stereocenters. The van der Waals surface area contributed by atoms with Crippen molar-refractivity contribution >= 4 is 17.6 Å². The summed E-state index contributed by atoms with van der Waals surface area (Å²) in [4.78, 5) is 16.4. The van der Waals surface area contributed by atoms with Crippen molar-refractivity contribution in [2.75, 3.05) is 25.5 Å². The first-order valence-electron chi connectivity index (χ1n) is 11.2. The highest BCUT2D eigenvalue weighted by Crippen LogP contribution is 2.27. The SMILES string of the molecule is CN=C(NCCCOC1CCCCC1)NCc1cccc(NC(=O)C2CCC2)c1. The normalized spacial score (nSPS) is 18.2. The molecule has 1 aromatic rings. The summed E-state index contributed by atoms with van der Waals surface area (Å²) in [6.07, 6.45) is 11.1. The zero-order chi connectivity index (χ0) is 20.3. The van der Waals surface area contributed by atoms with Gasteiger partial charge in [0.1, 0.15) is 0 Å². The molecule has 0 aliphatic heterocycles. The smallest absolute Gasteiger partial charge is 0.227 e. The average Bonchev–Trinajstić information content (AvgIpc) is 2.70. The predicted octanol–water partition coefficient (Wildman–Crippen LogP) is 3.83. The summed E-state index contributed by atoms with van der Waals surface area (Å²) < 4.78 is 5.97. The molecule has 0 aromatic heterocycles. The number of amides is 1. The topological polar surface area (TPSA) is 74.8 Å². The first kappa shape index (κ1) is 21.6. The molecule has 2 aliphatic rings. The lowest BCUT2D eigenvalue weighted by atomic mass is 9.85. The lowest BCUT2D eigenvalue weighted by Gasteiger charge is -2.24. The number of hydrogen-bond acceptors (Lipinski definition) is 3. The Balaban J connectivity index is 1.33. The lowest BCUT2D eigenvalue weighted by Crippen LogP contribution is -2.37. The third-order valence-electron chi connectivity index (χ3n) is 5.87. The van der Waals surface area contributed by atoms with Gasteiger partial charge in [-0.1, -0.05) is 37.8 Å². The molecule has 160 valence electrons. The molecular formula is C23H36N4O2. The highest BCUT2D eigenvalue weighted by atomic mass is 16.5. The van der Waals surface area contributed by atoms with Gasteiger partial charge in [0.05, 0.1) is 6.10 Å². The van der Waals surface area contributed by atoms with Crippen molar-refractivity contribution in [3.8, 4) is 0 Å². The summed E-state index contributed by atoms with van der Waals surface area (Å²) >= 11 is 0. The molecule has 2 saturated carbocycles. The average molecular weight is 401 g/mol. The highest BCUT2D eigenvalue weighted by Gasteiger charge is 2.25. The Morgan fingerprint density at radius 1 is 1.10 bits per heavy atom. The van der Waals surface area contributed by atoms with Gasteiger partial charge >= 0.3 is 0 Å². The van der Waals surface area contributed by atoms with E-state index in [0.29, 0.717) is 12.6 Å². The lowest BCUT2D eigenvalue weighted by molar-refractivity contribution is -0.122. The molecule has 6 heteroatoms. The van der Waals surface area contributed by atoms with Crippen molar-refractivity contribution < 1.29 is 9.53 Å². The summed E-state index contributed by atoms with van der Waals surface area (Å²) in [6, 6.07) is 8.00. The third-order valence-corrected chi connectivity index (χ3v) is 5.87. The van der Waals surface area contributed by atoms with Crippen LogP contribution in [0.15, 0.2) is 29.3 Å². The van der Waals surface area contributed by atoms with Crippen molar-refractivity contribution in [3.05, 3.63) is 29.8 Å². The number of aliphatic imine (C=N–C) groups is 1. The fourth-order valence-corrected chi connectivity index (χ4v) is 3.84. The fraction of sp³-hybridized carbons (Fsp3) is 0.652. The van der Waals surface area contributed by atoms with E-state index < -0.39 is 0 Å². The summed E-state index contributed by atoms with van der Waals surface area (Å²) in [5.74, 6) is 1.13. The minimum Gasteiger partial charge on any atom is -0.378 e. The van der Waals surface area contributed by atoms with E-state index in [1.165, 1.54) is 38.5 Å². The van der Waals surface area contributed by atoms with Gasteiger partial charge in [-0.05, 0) is 49.8 Å². The van der Waals surface area contributed by atoms with E-state index in [0.717, 1.165) is 49.6 Å². The quantitative estimate of drug-likeness (QED) is 0.335. The van der Waals surface area contributed by atoms with Crippen LogP contribution in [-0.2, 0) is 16.1 Å². The minimum absolute atomic E-state index is 0.147. The molecule has 29 heavy (non-hydrogen) atoms. The number of ether oxygens (including phenoxy) is 1. The van der Waals surface area contributed by atoms with Crippen LogP contribution in [0.5, 0.6) is 0 Å². The molecule has 0 atom stereocenters. The molecule has 6 nitrogen and oxygen atoms in total. The summed E-state index contributed by atoms with van der Waals surface area (Å²) in [6.45, 7) is 2.30. The first-order valence-corrected chi connectivity index (χ1v) is 11.2. The van der Waals surface area contributed by atoms with Gasteiger partial charge in [-0.25, -0.2) is 0 Å². The number of hydrogen-bond donors (Lipinski definition) is 3. The molecule has 3 rings (SSSR count). The summed E-state index contributed by atoms with van der Waals surface area (Å²) in [5, 5.41) is 9.72. The zero-order valence-electron chi connectivity index (χ0n) is 17.7.